The average Bonchev–Trinajstić information content (AvgIpc) is 2.99. The molecule has 0 saturated carbocycles. The summed E-state index contributed by atoms with van der Waals surface area (Å²) in [5, 5.41) is 1.26. The van der Waals surface area contributed by atoms with Gasteiger partial charge in [0.15, 0.2) is 0 Å². The van der Waals surface area contributed by atoms with Crippen LogP contribution in [-0.2, 0) is 14.4 Å². The highest BCUT2D eigenvalue weighted by atomic mass is 35.5. The van der Waals surface area contributed by atoms with E-state index in [4.69, 9.17) is 11.6 Å². The molecule has 1 saturated heterocycles. The zero-order valence-corrected chi connectivity index (χ0v) is 18.1. The van der Waals surface area contributed by atoms with Crippen molar-refractivity contribution >= 4 is 40.9 Å². The van der Waals surface area contributed by atoms with Crippen molar-refractivity contribution in [3.8, 4) is 0 Å². The van der Waals surface area contributed by atoms with Gasteiger partial charge in [0.1, 0.15) is 6.04 Å². The van der Waals surface area contributed by atoms with Crippen LogP contribution in [0, 0.1) is 13.8 Å². The molecule has 1 aliphatic heterocycles. The fraction of sp³-hybridized carbons (Fsp3) is 0.217. The van der Waals surface area contributed by atoms with Gasteiger partial charge in [-0.15, -0.1) is 0 Å². The second-order valence-electron chi connectivity index (χ2n) is 7.29. The summed E-state index contributed by atoms with van der Waals surface area (Å²) in [4.78, 5) is 52.3. The number of nitrogens with one attached hydrogen (secondary N) is 1. The van der Waals surface area contributed by atoms with Crippen LogP contribution >= 0.6 is 11.6 Å². The van der Waals surface area contributed by atoms with E-state index in [1.807, 2.05) is 19.9 Å². The van der Waals surface area contributed by atoms with E-state index in [-0.39, 0.29) is 12.0 Å². The van der Waals surface area contributed by atoms with Gasteiger partial charge in [0.05, 0.1) is 12.1 Å². The lowest BCUT2D eigenvalue weighted by Gasteiger charge is -2.27. The first-order chi connectivity index (χ1) is 14.7. The lowest BCUT2D eigenvalue weighted by molar-refractivity contribution is -0.137. The molecule has 7 nitrogen and oxygen atoms in total. The summed E-state index contributed by atoms with van der Waals surface area (Å²) >= 11 is 5.94. The van der Waals surface area contributed by atoms with Crippen molar-refractivity contribution in [2.24, 2.45) is 0 Å². The Morgan fingerprint density at radius 1 is 1.13 bits per heavy atom. The molecule has 1 heterocycles. The third-order valence-corrected chi connectivity index (χ3v) is 4.99. The third kappa shape index (κ3) is 4.83. The van der Waals surface area contributed by atoms with E-state index in [1.165, 1.54) is 24.3 Å². The summed E-state index contributed by atoms with van der Waals surface area (Å²) in [5.74, 6) is -2.27. The van der Waals surface area contributed by atoms with Gasteiger partial charge in [-0.1, -0.05) is 29.8 Å². The third-order valence-electron chi connectivity index (χ3n) is 4.75. The minimum absolute atomic E-state index is 0.216. The van der Waals surface area contributed by atoms with E-state index in [1.54, 1.807) is 31.2 Å². The molecular weight excluding hydrogens is 418 g/mol. The van der Waals surface area contributed by atoms with Crippen LogP contribution in [0.3, 0.4) is 0 Å². The monoisotopic (exact) mass is 439 g/mol. The molecule has 31 heavy (non-hydrogen) atoms. The Balaban J connectivity index is 1.92. The van der Waals surface area contributed by atoms with Gasteiger partial charge in [0, 0.05) is 16.7 Å². The predicted octanol–water partition coefficient (Wildman–Crippen LogP) is 3.34. The Bertz CT molecular complexity index is 1080. The summed E-state index contributed by atoms with van der Waals surface area (Å²) in [6.45, 7) is 5.37. The average molecular weight is 440 g/mol. The molecule has 2 aromatic rings. The lowest BCUT2D eigenvalue weighted by atomic mass is 10.1. The molecule has 0 bridgehead atoms. The van der Waals surface area contributed by atoms with Crippen molar-refractivity contribution in [1.82, 2.24) is 10.4 Å². The summed E-state index contributed by atoms with van der Waals surface area (Å²) in [6, 6.07) is 10.4. The number of amides is 4. The summed E-state index contributed by atoms with van der Waals surface area (Å²) < 4.78 is 0. The van der Waals surface area contributed by atoms with Gasteiger partial charge in [-0.25, -0.2) is 9.91 Å². The lowest BCUT2D eigenvalue weighted by Crippen LogP contribution is -2.54. The maximum absolute atomic E-state index is 13.2. The Morgan fingerprint density at radius 3 is 2.42 bits per heavy atom. The first-order valence-corrected chi connectivity index (χ1v) is 10.1. The topological polar surface area (TPSA) is 86.8 Å². The number of hydrogen-bond acceptors (Lipinski definition) is 4. The number of carbonyl (C=O) groups excluding carboxylic acids is 4. The number of anilines is 1. The molecule has 1 N–H and O–H groups in total. The zero-order chi connectivity index (χ0) is 22.7. The molecule has 0 spiro atoms. The Kier molecular flexibility index (Phi) is 6.56. The van der Waals surface area contributed by atoms with Crippen molar-refractivity contribution in [1.29, 1.82) is 0 Å². The number of aryl methyl sites for hydroxylation is 2. The molecule has 0 aromatic heterocycles. The first-order valence-electron chi connectivity index (χ1n) is 9.68. The van der Waals surface area contributed by atoms with Gasteiger partial charge in [-0.3, -0.25) is 24.6 Å². The van der Waals surface area contributed by atoms with Gasteiger partial charge in [0.25, 0.3) is 17.7 Å². The van der Waals surface area contributed by atoms with Gasteiger partial charge in [-0.05, 0) is 62.2 Å². The highest BCUT2D eigenvalue weighted by molar-refractivity contribution is 6.31. The molecular formula is C23H22ClN3O4. The quantitative estimate of drug-likeness (QED) is 0.449. The van der Waals surface area contributed by atoms with Crippen LogP contribution in [0.25, 0.3) is 0 Å². The number of nitrogens with zero attached hydrogens (tertiary/aromatic N) is 2. The van der Waals surface area contributed by atoms with Crippen molar-refractivity contribution in [3.05, 3.63) is 76.3 Å². The largest absolute Gasteiger partial charge is 0.274 e. The van der Waals surface area contributed by atoms with Crippen LogP contribution < -0.4 is 10.3 Å². The van der Waals surface area contributed by atoms with Crippen LogP contribution in [0.5, 0.6) is 0 Å². The van der Waals surface area contributed by atoms with Crippen LogP contribution in [0.2, 0.25) is 5.02 Å². The van der Waals surface area contributed by atoms with Crippen molar-refractivity contribution in [2.45, 2.75) is 33.2 Å². The molecule has 160 valence electrons. The smallest absolute Gasteiger partial charge is 0.269 e. The molecule has 8 heteroatoms. The molecule has 3 rings (SSSR count). The molecule has 0 radical (unpaired) electrons. The van der Waals surface area contributed by atoms with E-state index >= 15 is 0 Å². The van der Waals surface area contributed by atoms with Crippen molar-refractivity contribution < 1.29 is 19.2 Å². The normalized spacial score (nSPS) is 16.1. The Labute approximate surface area is 185 Å². The van der Waals surface area contributed by atoms with Crippen LogP contribution in [0.1, 0.15) is 34.8 Å². The van der Waals surface area contributed by atoms with Crippen molar-refractivity contribution in [2.75, 3.05) is 4.90 Å². The number of hydrazine groups is 1. The van der Waals surface area contributed by atoms with Gasteiger partial charge < -0.3 is 0 Å². The van der Waals surface area contributed by atoms with E-state index in [2.05, 4.69) is 5.43 Å². The van der Waals surface area contributed by atoms with Gasteiger partial charge in [-0.2, -0.15) is 0 Å². The highest BCUT2D eigenvalue weighted by Crippen LogP contribution is 2.27. The standard InChI is InChI=1S/C23H22ClN3O4/c1-4-6-20(28)27(25-22(30)16-7-5-8-17(24)12-16)19-13-21(29)26(23(19)31)18-10-14(2)9-15(3)11-18/h4-12,19H,13H2,1-3H3,(H,25,30)/b6-4+. The van der Waals surface area contributed by atoms with E-state index in [0.717, 1.165) is 21.0 Å². The molecule has 1 atom stereocenters. The first kappa shape index (κ1) is 22.2. The molecule has 1 aliphatic rings. The maximum Gasteiger partial charge on any atom is 0.269 e. The van der Waals surface area contributed by atoms with Crippen LogP contribution in [0.15, 0.2) is 54.6 Å². The summed E-state index contributed by atoms with van der Waals surface area (Å²) in [6.07, 6.45) is 2.46. The number of carbonyl (C=O) groups is 4. The SMILES string of the molecule is C/C=C/C(=O)N(NC(=O)c1cccc(Cl)c1)C1CC(=O)N(c2cc(C)cc(C)c2)C1=O. The van der Waals surface area contributed by atoms with Gasteiger partial charge in [0.2, 0.25) is 5.91 Å². The number of rotatable bonds is 4. The zero-order valence-electron chi connectivity index (χ0n) is 17.4. The van der Waals surface area contributed by atoms with Crippen LogP contribution in [0.4, 0.5) is 5.69 Å². The Morgan fingerprint density at radius 2 is 1.81 bits per heavy atom. The van der Waals surface area contributed by atoms with E-state index in [9.17, 15) is 19.2 Å². The second kappa shape index (κ2) is 9.14. The summed E-state index contributed by atoms with van der Waals surface area (Å²) in [7, 11) is 0. The molecule has 0 aliphatic carbocycles. The van der Waals surface area contributed by atoms with E-state index in [0.29, 0.717) is 10.7 Å². The fourth-order valence-corrected chi connectivity index (χ4v) is 3.67. The highest BCUT2D eigenvalue weighted by Gasteiger charge is 2.45. The minimum Gasteiger partial charge on any atom is -0.274 e. The predicted molar refractivity (Wildman–Crippen MR) is 117 cm³/mol. The minimum atomic E-state index is -1.17. The molecule has 4 amide bonds. The molecule has 1 fully saturated rings. The van der Waals surface area contributed by atoms with E-state index < -0.39 is 29.7 Å². The van der Waals surface area contributed by atoms with Gasteiger partial charge >= 0.3 is 0 Å². The maximum atomic E-state index is 13.2. The number of hydrogen-bond donors (Lipinski definition) is 1. The fourth-order valence-electron chi connectivity index (χ4n) is 3.48. The number of allylic oxidation sites excluding steroid dienone is 1. The number of benzene rings is 2. The van der Waals surface area contributed by atoms with Crippen LogP contribution in [-0.4, -0.2) is 34.7 Å². The molecule has 2 aromatic carbocycles. The number of imide groups is 1. The Hall–Kier alpha value is -3.45. The second-order valence-corrected chi connectivity index (χ2v) is 7.73. The molecule has 1 unspecified atom stereocenters. The van der Waals surface area contributed by atoms with Crippen molar-refractivity contribution in [3.63, 3.8) is 0 Å². The number of halogens is 1. The summed E-state index contributed by atoms with van der Waals surface area (Å²) in [5.41, 5.74) is 4.92.